The van der Waals surface area contributed by atoms with Crippen LogP contribution >= 0.6 is 0 Å². The Kier molecular flexibility index (Phi) is 5.47. The molecule has 1 aromatic rings. The van der Waals surface area contributed by atoms with Crippen LogP contribution in [0.25, 0.3) is 0 Å². The largest absolute Gasteiger partial charge is 0.218 e. The second-order valence-corrected chi connectivity index (χ2v) is 5.36. The monoisotopic (exact) mass is 248 g/mol. The molecule has 17 heavy (non-hydrogen) atoms. The Morgan fingerprint density at radius 1 is 1.18 bits per heavy atom. The zero-order valence-electron chi connectivity index (χ0n) is 9.67. The molecule has 0 heterocycles. The molecule has 0 aliphatic rings. The number of sulfone groups is 1. The van der Waals surface area contributed by atoms with Crippen LogP contribution in [0.3, 0.4) is 0 Å². The maximum atomic E-state index is 11.8. The molecule has 0 atom stereocenters. The van der Waals surface area contributed by atoms with Crippen LogP contribution in [0.15, 0.2) is 65.1 Å². The summed E-state index contributed by atoms with van der Waals surface area (Å²) in [6.07, 6.45) is 6.30. The fourth-order valence-corrected chi connectivity index (χ4v) is 2.21. The lowest BCUT2D eigenvalue weighted by atomic mass is 10.2. The molecule has 0 aliphatic heterocycles. The third-order valence-electron chi connectivity index (χ3n) is 2.17. The summed E-state index contributed by atoms with van der Waals surface area (Å²) in [5.41, 5.74) is 2.71. The van der Waals surface area contributed by atoms with E-state index in [2.05, 4.69) is 12.3 Å². The molecule has 0 amide bonds. The van der Waals surface area contributed by atoms with Gasteiger partial charge < -0.3 is 0 Å². The Balaban J connectivity index is 2.67. The molecule has 90 valence electrons. The summed E-state index contributed by atoms with van der Waals surface area (Å²) < 4.78 is 23.5. The summed E-state index contributed by atoms with van der Waals surface area (Å²) in [6, 6.07) is 8.34. The number of hydrogen-bond donors (Lipinski definition) is 0. The van der Waals surface area contributed by atoms with Gasteiger partial charge in [-0.1, -0.05) is 24.3 Å². The first-order chi connectivity index (χ1) is 8.17. The molecule has 1 rings (SSSR count). The Morgan fingerprint density at radius 2 is 1.88 bits per heavy atom. The lowest BCUT2D eigenvalue weighted by molar-refractivity contribution is 0.604. The second kappa shape index (κ2) is 6.89. The van der Waals surface area contributed by atoms with E-state index in [1.54, 1.807) is 36.4 Å². The third kappa shape index (κ3) is 4.85. The van der Waals surface area contributed by atoms with E-state index in [1.165, 1.54) is 0 Å². The van der Waals surface area contributed by atoms with Crippen molar-refractivity contribution in [1.82, 2.24) is 0 Å². The zero-order valence-corrected chi connectivity index (χ0v) is 10.5. The van der Waals surface area contributed by atoms with Gasteiger partial charge in [0, 0.05) is 0 Å². The first-order valence-corrected chi connectivity index (χ1v) is 7.03. The summed E-state index contributed by atoms with van der Waals surface area (Å²) in [7, 11) is -3.34. The second-order valence-electron chi connectivity index (χ2n) is 3.57. The zero-order chi connectivity index (χ0) is 12.6. The molecule has 0 unspecified atom stereocenters. The lowest BCUT2D eigenvalue weighted by Gasteiger charge is -1.95. The van der Waals surface area contributed by atoms with Crippen LogP contribution in [0.4, 0.5) is 0 Å². The van der Waals surface area contributed by atoms with Crippen LogP contribution in [0.2, 0.25) is 0 Å². The summed E-state index contributed by atoms with van der Waals surface area (Å²) in [5.74, 6) is 0. The van der Waals surface area contributed by atoms with Crippen molar-refractivity contribution in [2.75, 3.05) is 0 Å². The molecule has 0 N–H and O–H groups in total. The van der Waals surface area contributed by atoms with Crippen molar-refractivity contribution in [2.45, 2.75) is 24.2 Å². The van der Waals surface area contributed by atoms with E-state index in [9.17, 15) is 8.42 Å². The molecular formula is C14H16O2S. The fraction of sp³-hybridized carbons (Fsp3) is 0.214. The van der Waals surface area contributed by atoms with Crippen molar-refractivity contribution in [3.05, 3.63) is 60.2 Å². The lowest BCUT2D eigenvalue weighted by Crippen LogP contribution is -1.94. The molecule has 0 fully saturated rings. The molecule has 2 nitrogen and oxygen atoms in total. The van der Waals surface area contributed by atoms with Crippen molar-refractivity contribution < 1.29 is 8.42 Å². The average molecular weight is 248 g/mol. The first kappa shape index (κ1) is 13.5. The standard InChI is InChI=1S/C14H16O2S/c1-2-3-4-5-6-10-13-17(15,16)14-11-8-7-9-12-14/h2,6-9,11-13H,1,3-5H2. The molecular weight excluding hydrogens is 232 g/mol. The van der Waals surface area contributed by atoms with Crippen molar-refractivity contribution >= 4 is 9.84 Å². The van der Waals surface area contributed by atoms with Crippen LogP contribution in [0.1, 0.15) is 19.3 Å². The highest BCUT2D eigenvalue weighted by atomic mass is 32.2. The van der Waals surface area contributed by atoms with Crippen LogP contribution in [-0.4, -0.2) is 8.42 Å². The minimum absolute atomic E-state index is 0.298. The number of unbranched alkanes of at least 4 members (excludes halogenated alkanes) is 2. The first-order valence-electron chi connectivity index (χ1n) is 5.49. The predicted octanol–water partition coefficient (Wildman–Crippen LogP) is 3.49. The number of rotatable bonds is 6. The number of hydrogen-bond acceptors (Lipinski definition) is 2. The highest BCUT2D eigenvalue weighted by molar-refractivity contribution is 7.94. The predicted molar refractivity (Wildman–Crippen MR) is 70.3 cm³/mol. The smallest absolute Gasteiger partial charge is 0.207 e. The normalized spacial score (nSPS) is 10.4. The van der Waals surface area contributed by atoms with Gasteiger partial charge >= 0.3 is 0 Å². The van der Waals surface area contributed by atoms with Crippen molar-refractivity contribution in [3.63, 3.8) is 0 Å². The topological polar surface area (TPSA) is 34.1 Å². The minimum Gasteiger partial charge on any atom is -0.218 e. The van der Waals surface area contributed by atoms with Crippen LogP contribution in [-0.2, 0) is 9.84 Å². The SMILES string of the molecule is C=CCCCC=C=CS(=O)(=O)c1ccccc1. The fourth-order valence-electron chi connectivity index (χ4n) is 1.26. The molecule has 0 spiro atoms. The maximum absolute atomic E-state index is 11.8. The molecule has 0 saturated carbocycles. The van der Waals surface area contributed by atoms with Crippen LogP contribution in [0, 0.1) is 0 Å². The summed E-state index contributed by atoms with van der Waals surface area (Å²) in [6.45, 7) is 3.62. The summed E-state index contributed by atoms with van der Waals surface area (Å²) >= 11 is 0. The van der Waals surface area contributed by atoms with Gasteiger partial charge in [0.05, 0.1) is 10.3 Å². The Hall–Kier alpha value is -1.57. The van der Waals surface area contributed by atoms with Gasteiger partial charge in [-0.3, -0.25) is 0 Å². The van der Waals surface area contributed by atoms with Crippen molar-refractivity contribution in [2.24, 2.45) is 0 Å². The van der Waals surface area contributed by atoms with Gasteiger partial charge in [0.25, 0.3) is 0 Å². The van der Waals surface area contributed by atoms with E-state index in [0.717, 1.165) is 24.7 Å². The Labute approximate surface area is 103 Å². The van der Waals surface area contributed by atoms with Gasteiger partial charge in [-0.05, 0) is 37.5 Å². The summed E-state index contributed by atoms with van der Waals surface area (Å²) in [5, 5.41) is 1.12. The Morgan fingerprint density at radius 3 is 2.53 bits per heavy atom. The molecule has 0 aliphatic carbocycles. The van der Waals surface area contributed by atoms with E-state index in [-0.39, 0.29) is 0 Å². The van der Waals surface area contributed by atoms with E-state index in [1.807, 2.05) is 6.08 Å². The van der Waals surface area contributed by atoms with E-state index in [4.69, 9.17) is 0 Å². The summed E-state index contributed by atoms with van der Waals surface area (Å²) in [4.78, 5) is 0.298. The van der Waals surface area contributed by atoms with E-state index >= 15 is 0 Å². The van der Waals surface area contributed by atoms with Crippen molar-refractivity contribution in [1.29, 1.82) is 0 Å². The van der Waals surface area contributed by atoms with Gasteiger partial charge in [0.1, 0.15) is 0 Å². The highest BCUT2D eigenvalue weighted by Crippen LogP contribution is 2.10. The van der Waals surface area contributed by atoms with Crippen molar-refractivity contribution in [3.8, 4) is 0 Å². The van der Waals surface area contributed by atoms with Crippen LogP contribution < -0.4 is 0 Å². The molecule has 3 heteroatoms. The number of benzene rings is 1. The van der Waals surface area contributed by atoms with E-state index < -0.39 is 9.84 Å². The highest BCUT2D eigenvalue weighted by Gasteiger charge is 2.07. The molecule has 0 bridgehead atoms. The minimum atomic E-state index is -3.34. The van der Waals surface area contributed by atoms with Gasteiger partial charge in [-0.15, -0.1) is 12.3 Å². The van der Waals surface area contributed by atoms with Crippen LogP contribution in [0.5, 0.6) is 0 Å². The quantitative estimate of drug-likeness (QED) is 0.439. The van der Waals surface area contributed by atoms with Gasteiger partial charge in [0.2, 0.25) is 9.84 Å². The molecule has 0 aromatic heterocycles. The molecule has 1 aromatic carbocycles. The van der Waals surface area contributed by atoms with Gasteiger partial charge in [0.15, 0.2) is 0 Å². The molecule has 0 radical (unpaired) electrons. The average Bonchev–Trinajstić information content (AvgIpc) is 2.35. The Bertz CT molecular complexity index is 506. The number of allylic oxidation sites excluding steroid dienone is 2. The maximum Gasteiger partial charge on any atom is 0.207 e. The van der Waals surface area contributed by atoms with E-state index in [0.29, 0.717) is 4.90 Å². The molecule has 0 saturated heterocycles. The van der Waals surface area contributed by atoms with Gasteiger partial charge in [-0.25, -0.2) is 8.42 Å². The third-order valence-corrected chi connectivity index (χ3v) is 3.55. The van der Waals surface area contributed by atoms with Gasteiger partial charge in [-0.2, -0.15) is 0 Å².